The molecule has 0 saturated heterocycles. The van der Waals surface area contributed by atoms with Crippen molar-refractivity contribution in [3.05, 3.63) is 88.5 Å². The van der Waals surface area contributed by atoms with Crippen LogP contribution < -0.4 is 10.1 Å². The molecule has 0 aliphatic rings. The fourth-order valence-electron chi connectivity index (χ4n) is 2.42. The molecule has 0 unspecified atom stereocenters. The molecule has 0 spiro atoms. The van der Waals surface area contributed by atoms with E-state index in [1.165, 1.54) is 24.3 Å². The summed E-state index contributed by atoms with van der Waals surface area (Å²) >= 11 is 0. The average Bonchev–Trinajstić information content (AvgIpc) is 3.19. The minimum atomic E-state index is -0.489. The number of carbonyl (C=O) groups excluding carboxylic acids is 1. The Bertz CT molecular complexity index is 890. The number of carbonyl (C=O) groups is 1. The third kappa shape index (κ3) is 5.40. The molecule has 0 bridgehead atoms. The van der Waals surface area contributed by atoms with Gasteiger partial charge in [0.25, 0.3) is 11.6 Å². The van der Waals surface area contributed by atoms with Gasteiger partial charge in [0.05, 0.1) is 11.3 Å². The van der Waals surface area contributed by atoms with Crippen LogP contribution in [0, 0.1) is 10.1 Å². The van der Waals surface area contributed by atoms with E-state index in [1.54, 1.807) is 12.5 Å². The van der Waals surface area contributed by atoms with Crippen LogP contribution in [0.2, 0.25) is 0 Å². The third-order valence-corrected chi connectivity index (χ3v) is 3.85. The number of rotatable bonds is 8. The van der Waals surface area contributed by atoms with Crippen LogP contribution in [-0.2, 0) is 17.9 Å². The predicted octanol–water partition coefficient (Wildman–Crippen LogP) is 2.53. The molecule has 1 aromatic heterocycles. The van der Waals surface area contributed by atoms with Crippen molar-refractivity contribution in [3.8, 4) is 5.75 Å². The molecular formula is C19H18N4O4. The van der Waals surface area contributed by atoms with E-state index in [0.717, 1.165) is 17.7 Å². The van der Waals surface area contributed by atoms with Gasteiger partial charge in [0.2, 0.25) is 0 Å². The van der Waals surface area contributed by atoms with Gasteiger partial charge >= 0.3 is 0 Å². The number of nitro groups is 1. The number of hydrogen-bond acceptors (Lipinski definition) is 5. The van der Waals surface area contributed by atoms with Crippen LogP contribution in [0.5, 0.6) is 5.75 Å². The molecule has 0 saturated carbocycles. The van der Waals surface area contributed by atoms with Gasteiger partial charge in [-0.05, 0) is 23.3 Å². The van der Waals surface area contributed by atoms with Gasteiger partial charge in [0.15, 0.2) is 6.61 Å². The molecule has 138 valence electrons. The number of ether oxygens (including phenoxy) is 1. The van der Waals surface area contributed by atoms with Crippen LogP contribution in [0.3, 0.4) is 0 Å². The van der Waals surface area contributed by atoms with Crippen LogP contribution >= 0.6 is 0 Å². The zero-order chi connectivity index (χ0) is 19.1. The minimum absolute atomic E-state index is 0.0247. The number of hydrogen-bond donors (Lipinski definition) is 1. The van der Waals surface area contributed by atoms with Crippen LogP contribution in [-0.4, -0.2) is 27.0 Å². The first-order chi connectivity index (χ1) is 13.1. The number of nitrogens with one attached hydrogen (secondary N) is 1. The lowest BCUT2D eigenvalue weighted by molar-refractivity contribution is -0.384. The van der Waals surface area contributed by atoms with Crippen molar-refractivity contribution in [3.63, 3.8) is 0 Å². The van der Waals surface area contributed by atoms with Crippen molar-refractivity contribution < 1.29 is 14.5 Å². The number of nitrogens with zero attached hydrogens (tertiary/aromatic N) is 3. The molecule has 1 N–H and O–H groups in total. The van der Waals surface area contributed by atoms with Crippen LogP contribution in [0.25, 0.3) is 0 Å². The number of imidazole rings is 1. The molecule has 0 fully saturated rings. The highest BCUT2D eigenvalue weighted by atomic mass is 16.6. The molecule has 1 amide bonds. The maximum absolute atomic E-state index is 11.9. The van der Waals surface area contributed by atoms with Gasteiger partial charge in [0, 0.05) is 37.6 Å². The monoisotopic (exact) mass is 366 g/mol. The Balaban J connectivity index is 1.42. The molecule has 3 rings (SSSR count). The second kappa shape index (κ2) is 8.61. The summed E-state index contributed by atoms with van der Waals surface area (Å²) in [5.74, 6) is 0.135. The summed E-state index contributed by atoms with van der Waals surface area (Å²) in [6.45, 7) is 0.986. The molecule has 8 nitrogen and oxygen atoms in total. The SMILES string of the molecule is O=C(COc1ccc([N+](=O)[O-])cc1)NCc1ccc(Cn2ccnc2)cc1. The van der Waals surface area contributed by atoms with E-state index in [1.807, 2.05) is 35.0 Å². The van der Waals surface area contributed by atoms with Crippen molar-refractivity contribution >= 4 is 11.6 Å². The number of nitro benzene ring substituents is 1. The second-order valence-corrected chi connectivity index (χ2v) is 5.87. The third-order valence-electron chi connectivity index (χ3n) is 3.85. The maximum Gasteiger partial charge on any atom is 0.269 e. The molecule has 27 heavy (non-hydrogen) atoms. The van der Waals surface area contributed by atoms with Gasteiger partial charge in [-0.1, -0.05) is 24.3 Å². The molecule has 8 heteroatoms. The number of aromatic nitrogens is 2. The Labute approximate surface area is 155 Å². The van der Waals surface area contributed by atoms with Crippen molar-refractivity contribution in [1.82, 2.24) is 14.9 Å². The summed E-state index contributed by atoms with van der Waals surface area (Å²) < 4.78 is 7.30. The lowest BCUT2D eigenvalue weighted by Crippen LogP contribution is -2.28. The molecule has 0 aliphatic heterocycles. The van der Waals surface area contributed by atoms with Gasteiger partial charge in [-0.3, -0.25) is 14.9 Å². The molecule has 0 atom stereocenters. The molecule has 2 aromatic carbocycles. The normalized spacial score (nSPS) is 10.4. The summed E-state index contributed by atoms with van der Waals surface area (Å²) in [6.07, 6.45) is 5.40. The fraction of sp³-hybridized carbons (Fsp3) is 0.158. The van der Waals surface area contributed by atoms with E-state index in [9.17, 15) is 14.9 Å². The van der Waals surface area contributed by atoms with Crippen molar-refractivity contribution in [1.29, 1.82) is 0 Å². The Kier molecular flexibility index (Phi) is 5.78. The van der Waals surface area contributed by atoms with Gasteiger partial charge in [-0.25, -0.2) is 4.98 Å². The molecule has 0 radical (unpaired) electrons. The van der Waals surface area contributed by atoms with E-state index in [0.29, 0.717) is 12.3 Å². The van der Waals surface area contributed by atoms with Gasteiger partial charge in [-0.2, -0.15) is 0 Å². The highest BCUT2D eigenvalue weighted by molar-refractivity contribution is 5.77. The quantitative estimate of drug-likeness (QED) is 0.488. The largest absolute Gasteiger partial charge is 0.484 e. The van der Waals surface area contributed by atoms with Gasteiger partial charge in [0.1, 0.15) is 5.75 Å². The molecule has 0 aliphatic carbocycles. The highest BCUT2D eigenvalue weighted by Crippen LogP contribution is 2.17. The van der Waals surface area contributed by atoms with Crippen LogP contribution in [0.15, 0.2) is 67.3 Å². The summed E-state index contributed by atoms with van der Waals surface area (Å²) in [4.78, 5) is 26.0. The Morgan fingerprint density at radius 3 is 2.44 bits per heavy atom. The standard InChI is InChI=1S/C19H18N4O4/c24-19(13-27-18-7-5-17(6-8-18)23(25)26)21-11-15-1-3-16(4-2-15)12-22-10-9-20-14-22/h1-10,14H,11-13H2,(H,21,24). The lowest BCUT2D eigenvalue weighted by atomic mass is 10.1. The zero-order valence-corrected chi connectivity index (χ0v) is 14.4. The summed E-state index contributed by atoms with van der Waals surface area (Å²) in [6, 6.07) is 13.5. The lowest BCUT2D eigenvalue weighted by Gasteiger charge is -2.08. The summed E-state index contributed by atoms with van der Waals surface area (Å²) in [5, 5.41) is 13.4. The summed E-state index contributed by atoms with van der Waals surface area (Å²) in [7, 11) is 0. The number of non-ortho nitro benzene ring substituents is 1. The van der Waals surface area contributed by atoms with E-state index >= 15 is 0 Å². The Hall–Kier alpha value is -3.68. The van der Waals surface area contributed by atoms with E-state index in [2.05, 4.69) is 10.3 Å². The zero-order valence-electron chi connectivity index (χ0n) is 14.4. The first-order valence-corrected chi connectivity index (χ1v) is 8.27. The van der Waals surface area contributed by atoms with Crippen LogP contribution in [0.4, 0.5) is 5.69 Å². The minimum Gasteiger partial charge on any atom is -0.484 e. The van der Waals surface area contributed by atoms with E-state index in [-0.39, 0.29) is 18.2 Å². The highest BCUT2D eigenvalue weighted by Gasteiger charge is 2.06. The first kappa shape index (κ1) is 18.1. The molecule has 1 heterocycles. The molecule has 3 aromatic rings. The predicted molar refractivity (Wildman–Crippen MR) is 98.2 cm³/mol. The first-order valence-electron chi connectivity index (χ1n) is 8.27. The number of amides is 1. The van der Waals surface area contributed by atoms with Crippen molar-refractivity contribution in [2.45, 2.75) is 13.1 Å². The Morgan fingerprint density at radius 1 is 1.11 bits per heavy atom. The topological polar surface area (TPSA) is 99.3 Å². The average molecular weight is 366 g/mol. The second-order valence-electron chi connectivity index (χ2n) is 5.87. The number of benzene rings is 2. The van der Waals surface area contributed by atoms with Gasteiger partial charge in [-0.15, -0.1) is 0 Å². The smallest absolute Gasteiger partial charge is 0.269 e. The van der Waals surface area contributed by atoms with Crippen molar-refractivity contribution in [2.75, 3.05) is 6.61 Å². The fourth-order valence-corrected chi connectivity index (χ4v) is 2.42. The van der Waals surface area contributed by atoms with Crippen LogP contribution in [0.1, 0.15) is 11.1 Å². The molecular weight excluding hydrogens is 348 g/mol. The Morgan fingerprint density at radius 2 is 1.81 bits per heavy atom. The van der Waals surface area contributed by atoms with E-state index < -0.39 is 4.92 Å². The summed E-state index contributed by atoms with van der Waals surface area (Å²) in [5.41, 5.74) is 2.10. The maximum atomic E-state index is 11.9. The van der Waals surface area contributed by atoms with E-state index in [4.69, 9.17) is 4.74 Å². The van der Waals surface area contributed by atoms with Crippen molar-refractivity contribution in [2.24, 2.45) is 0 Å². The van der Waals surface area contributed by atoms with Gasteiger partial charge < -0.3 is 14.6 Å².